The van der Waals surface area contributed by atoms with E-state index in [9.17, 15) is 4.39 Å². The zero-order chi connectivity index (χ0) is 13.1. The van der Waals surface area contributed by atoms with E-state index < -0.39 is 0 Å². The van der Waals surface area contributed by atoms with E-state index in [1.54, 1.807) is 12.1 Å². The van der Waals surface area contributed by atoms with Gasteiger partial charge in [-0.3, -0.25) is 0 Å². The van der Waals surface area contributed by atoms with Gasteiger partial charge in [0.1, 0.15) is 5.82 Å². The predicted molar refractivity (Wildman–Crippen MR) is 78.0 cm³/mol. The molecule has 0 bridgehead atoms. The van der Waals surface area contributed by atoms with Gasteiger partial charge in [0.2, 0.25) is 0 Å². The predicted octanol–water partition coefficient (Wildman–Crippen LogP) is 5.47. The van der Waals surface area contributed by atoms with Crippen molar-refractivity contribution in [2.24, 2.45) is 0 Å². The van der Waals surface area contributed by atoms with Gasteiger partial charge < -0.3 is 0 Å². The van der Waals surface area contributed by atoms with Gasteiger partial charge in [-0.05, 0) is 54.3 Å². The number of halogens is 3. The summed E-state index contributed by atoms with van der Waals surface area (Å²) in [7, 11) is 0. The van der Waals surface area contributed by atoms with Gasteiger partial charge in [-0.25, -0.2) is 4.39 Å². The average Bonchev–Trinajstić information content (AvgIpc) is 2.31. The van der Waals surface area contributed by atoms with E-state index in [1.807, 2.05) is 19.1 Å². The lowest BCUT2D eigenvalue weighted by Crippen LogP contribution is -1.96. The molecule has 3 heteroatoms. The highest BCUT2D eigenvalue weighted by Crippen LogP contribution is 2.29. The highest BCUT2D eigenvalue weighted by Gasteiger charge is 2.10. The smallest absolute Gasteiger partial charge is 0.123 e. The van der Waals surface area contributed by atoms with Gasteiger partial charge in [-0.2, -0.15) is 0 Å². The van der Waals surface area contributed by atoms with Gasteiger partial charge >= 0.3 is 0 Å². The molecule has 1 unspecified atom stereocenters. The molecule has 1 atom stereocenters. The summed E-state index contributed by atoms with van der Waals surface area (Å²) in [4.78, 5) is 0.181. The molecule has 0 nitrogen and oxygen atoms in total. The van der Waals surface area contributed by atoms with Crippen molar-refractivity contribution in [1.82, 2.24) is 0 Å². The molecule has 0 aliphatic carbocycles. The Morgan fingerprint density at radius 2 is 1.83 bits per heavy atom. The minimum atomic E-state index is -0.205. The number of benzene rings is 2. The van der Waals surface area contributed by atoms with E-state index in [4.69, 9.17) is 11.6 Å². The van der Waals surface area contributed by atoms with Gasteiger partial charge in [0.15, 0.2) is 0 Å². The largest absolute Gasteiger partial charge is 0.207 e. The monoisotopic (exact) mass is 326 g/mol. The van der Waals surface area contributed by atoms with Crippen LogP contribution in [0.1, 0.15) is 21.5 Å². The zero-order valence-corrected chi connectivity index (χ0v) is 12.3. The third-order valence-corrected chi connectivity index (χ3v) is 3.82. The van der Waals surface area contributed by atoms with E-state index in [1.165, 1.54) is 12.1 Å². The van der Waals surface area contributed by atoms with Crippen LogP contribution in [0.4, 0.5) is 4.39 Å². The molecular weight excluding hydrogens is 315 g/mol. The van der Waals surface area contributed by atoms with Crippen LogP contribution >= 0.6 is 27.5 Å². The van der Waals surface area contributed by atoms with E-state index in [-0.39, 0.29) is 10.6 Å². The fourth-order valence-corrected chi connectivity index (χ4v) is 2.83. The Morgan fingerprint density at radius 1 is 1.17 bits per heavy atom. The first-order valence-corrected chi connectivity index (χ1v) is 6.99. The second-order valence-corrected chi connectivity index (χ2v) is 5.90. The SMILES string of the molecule is Cc1cc(Cl)cc(C(Br)Cc2ccc(F)cc2)c1. The quantitative estimate of drug-likeness (QED) is 0.656. The van der Waals surface area contributed by atoms with Crippen molar-refractivity contribution in [3.63, 3.8) is 0 Å². The Labute approximate surface area is 120 Å². The first kappa shape index (κ1) is 13.6. The second kappa shape index (κ2) is 5.85. The van der Waals surface area contributed by atoms with Crippen LogP contribution in [-0.4, -0.2) is 0 Å². The summed E-state index contributed by atoms with van der Waals surface area (Å²) in [6, 6.07) is 12.6. The van der Waals surface area contributed by atoms with Crippen molar-refractivity contribution < 1.29 is 4.39 Å². The molecule has 0 aromatic heterocycles. The molecule has 2 aromatic carbocycles. The van der Waals surface area contributed by atoms with Crippen molar-refractivity contribution in [2.75, 3.05) is 0 Å². The molecule has 2 aromatic rings. The number of hydrogen-bond acceptors (Lipinski definition) is 0. The van der Waals surface area contributed by atoms with E-state index in [2.05, 4.69) is 22.0 Å². The minimum absolute atomic E-state index is 0.181. The van der Waals surface area contributed by atoms with Gasteiger partial charge in [-0.15, -0.1) is 0 Å². The Hall–Kier alpha value is -0.860. The molecule has 0 N–H and O–H groups in total. The van der Waals surface area contributed by atoms with Crippen LogP contribution in [0, 0.1) is 12.7 Å². The first-order chi connectivity index (χ1) is 8.54. The standard InChI is InChI=1S/C15H13BrClF/c1-10-6-12(9-13(17)7-10)15(16)8-11-2-4-14(18)5-3-11/h2-7,9,15H,8H2,1H3. The molecule has 0 saturated heterocycles. The third-order valence-electron chi connectivity index (χ3n) is 2.75. The number of hydrogen-bond donors (Lipinski definition) is 0. The number of rotatable bonds is 3. The first-order valence-electron chi connectivity index (χ1n) is 5.70. The summed E-state index contributed by atoms with van der Waals surface area (Å²) in [5.74, 6) is -0.205. The van der Waals surface area contributed by atoms with Crippen molar-refractivity contribution in [2.45, 2.75) is 18.2 Å². The summed E-state index contributed by atoms with van der Waals surface area (Å²) in [5.41, 5.74) is 3.38. The van der Waals surface area contributed by atoms with E-state index >= 15 is 0 Å². The molecule has 0 radical (unpaired) electrons. The molecule has 0 spiro atoms. The molecule has 0 amide bonds. The van der Waals surface area contributed by atoms with Crippen LogP contribution in [0.2, 0.25) is 5.02 Å². The number of aryl methyl sites for hydroxylation is 1. The summed E-state index contributed by atoms with van der Waals surface area (Å²) in [6.07, 6.45) is 0.806. The highest BCUT2D eigenvalue weighted by atomic mass is 79.9. The molecule has 18 heavy (non-hydrogen) atoms. The van der Waals surface area contributed by atoms with Crippen molar-refractivity contribution >= 4 is 27.5 Å². The lowest BCUT2D eigenvalue weighted by Gasteiger charge is -2.12. The molecule has 0 saturated carbocycles. The molecule has 0 fully saturated rings. The van der Waals surface area contributed by atoms with Crippen molar-refractivity contribution in [3.05, 3.63) is 70.0 Å². The topological polar surface area (TPSA) is 0 Å². The molecule has 94 valence electrons. The maximum Gasteiger partial charge on any atom is 0.123 e. The fraction of sp³-hybridized carbons (Fsp3) is 0.200. The minimum Gasteiger partial charge on any atom is -0.207 e. The lowest BCUT2D eigenvalue weighted by molar-refractivity contribution is 0.627. The van der Waals surface area contributed by atoms with Crippen LogP contribution in [0.25, 0.3) is 0 Å². The average molecular weight is 328 g/mol. The molecule has 0 heterocycles. The second-order valence-electron chi connectivity index (χ2n) is 4.36. The zero-order valence-electron chi connectivity index (χ0n) is 9.96. The van der Waals surface area contributed by atoms with Gasteiger partial charge in [0, 0.05) is 9.85 Å². The van der Waals surface area contributed by atoms with Crippen molar-refractivity contribution in [1.29, 1.82) is 0 Å². The van der Waals surface area contributed by atoms with E-state index in [0.717, 1.165) is 28.1 Å². The summed E-state index contributed by atoms with van der Waals surface area (Å²) < 4.78 is 12.8. The van der Waals surface area contributed by atoms with Crippen LogP contribution in [0.15, 0.2) is 42.5 Å². The van der Waals surface area contributed by atoms with Gasteiger partial charge in [0.25, 0.3) is 0 Å². The molecule has 0 aliphatic heterocycles. The third kappa shape index (κ3) is 3.56. The highest BCUT2D eigenvalue weighted by molar-refractivity contribution is 9.09. The molecule has 2 rings (SSSR count). The number of alkyl halides is 1. The Bertz CT molecular complexity index is 516. The fourth-order valence-electron chi connectivity index (χ4n) is 1.89. The van der Waals surface area contributed by atoms with Crippen molar-refractivity contribution in [3.8, 4) is 0 Å². The maximum absolute atomic E-state index is 12.8. The summed E-state index contributed by atoms with van der Waals surface area (Å²) in [5, 5.41) is 0.744. The van der Waals surface area contributed by atoms with Crippen LogP contribution in [0.3, 0.4) is 0 Å². The van der Waals surface area contributed by atoms with E-state index in [0.29, 0.717) is 0 Å². The molecular formula is C15H13BrClF. The lowest BCUT2D eigenvalue weighted by atomic mass is 10.0. The summed E-state index contributed by atoms with van der Waals surface area (Å²) >= 11 is 9.70. The Morgan fingerprint density at radius 3 is 2.44 bits per heavy atom. The Balaban J connectivity index is 2.16. The van der Waals surface area contributed by atoms with Crippen LogP contribution in [0.5, 0.6) is 0 Å². The maximum atomic E-state index is 12.8. The van der Waals surface area contributed by atoms with Gasteiger partial charge in [-0.1, -0.05) is 45.7 Å². The summed E-state index contributed by atoms with van der Waals surface area (Å²) in [6.45, 7) is 2.02. The van der Waals surface area contributed by atoms with Crippen LogP contribution < -0.4 is 0 Å². The van der Waals surface area contributed by atoms with Crippen LogP contribution in [-0.2, 0) is 6.42 Å². The Kier molecular flexibility index (Phi) is 4.41. The molecule has 0 aliphatic rings. The van der Waals surface area contributed by atoms with Gasteiger partial charge in [0.05, 0.1) is 0 Å². The normalized spacial score (nSPS) is 12.4.